The van der Waals surface area contributed by atoms with Crippen LogP contribution in [0.2, 0.25) is 0 Å². The minimum Gasteiger partial charge on any atom is -0.440 e. The van der Waals surface area contributed by atoms with Gasteiger partial charge in [0.15, 0.2) is 6.61 Å². The monoisotopic (exact) mass is 380 g/mol. The molecule has 0 spiro atoms. The molecule has 27 heavy (non-hydrogen) atoms. The normalized spacial score (nSPS) is 15.6. The predicted molar refractivity (Wildman–Crippen MR) is 94.3 cm³/mol. The fourth-order valence-corrected chi connectivity index (χ4v) is 3.13. The van der Waals surface area contributed by atoms with Crippen molar-refractivity contribution >= 4 is 28.5 Å². The Balaban J connectivity index is 1.55. The van der Waals surface area contributed by atoms with Gasteiger partial charge in [0.2, 0.25) is 5.91 Å². The minimum atomic E-state index is -4.55. The number of halogens is 3. The molecule has 8 heteroatoms. The Morgan fingerprint density at radius 3 is 2.44 bits per heavy atom. The summed E-state index contributed by atoms with van der Waals surface area (Å²) in [6.07, 6.45) is -4.80. The molecule has 3 rings (SSSR count). The van der Waals surface area contributed by atoms with Crippen molar-refractivity contribution in [3.05, 3.63) is 42.5 Å². The molecular weight excluding hydrogens is 361 g/mol. The molecule has 2 aromatic rings. The number of piperidine rings is 1. The number of ether oxygens (including phenoxy) is 1. The van der Waals surface area contributed by atoms with Crippen LogP contribution in [0.4, 0.5) is 23.7 Å². The van der Waals surface area contributed by atoms with Gasteiger partial charge in [-0.05, 0) is 24.3 Å². The number of rotatable bonds is 3. The zero-order valence-electron chi connectivity index (χ0n) is 14.5. The molecule has 144 valence electrons. The number of likely N-dealkylation sites (tertiary alicyclic amines) is 1. The summed E-state index contributed by atoms with van der Waals surface area (Å²) in [5.74, 6) is -0.467. The Bertz CT molecular complexity index is 825. The van der Waals surface area contributed by atoms with E-state index in [-0.39, 0.29) is 24.9 Å². The maximum atomic E-state index is 12.6. The molecule has 0 atom stereocenters. The van der Waals surface area contributed by atoms with Crippen LogP contribution in [0.5, 0.6) is 0 Å². The van der Waals surface area contributed by atoms with Crippen LogP contribution >= 0.6 is 0 Å². The van der Waals surface area contributed by atoms with Gasteiger partial charge in [0.25, 0.3) is 0 Å². The van der Waals surface area contributed by atoms with Crippen molar-refractivity contribution in [2.75, 3.05) is 25.0 Å². The number of hydrogen-bond acceptors (Lipinski definition) is 3. The highest BCUT2D eigenvalue weighted by atomic mass is 19.4. The van der Waals surface area contributed by atoms with Crippen LogP contribution in [0.3, 0.4) is 0 Å². The van der Waals surface area contributed by atoms with Crippen molar-refractivity contribution < 1.29 is 27.5 Å². The lowest BCUT2D eigenvalue weighted by molar-refractivity contribution is -0.162. The van der Waals surface area contributed by atoms with E-state index in [1.54, 1.807) is 0 Å². The number of nitrogens with zero attached hydrogens (tertiary/aromatic N) is 1. The SMILES string of the molecule is O=C(Nc1cccc2ccccc12)C1CCN(C(=O)OCC(F)(F)F)CC1. The van der Waals surface area contributed by atoms with Gasteiger partial charge in [0.1, 0.15) is 0 Å². The Kier molecular flexibility index (Phi) is 5.53. The Hall–Kier alpha value is -2.77. The largest absolute Gasteiger partial charge is 0.440 e. The lowest BCUT2D eigenvalue weighted by Gasteiger charge is -2.30. The third kappa shape index (κ3) is 4.90. The van der Waals surface area contributed by atoms with Crippen molar-refractivity contribution in [1.29, 1.82) is 0 Å². The molecule has 2 aromatic carbocycles. The number of hydrogen-bond donors (Lipinski definition) is 1. The van der Waals surface area contributed by atoms with Gasteiger partial charge in [0, 0.05) is 30.1 Å². The molecule has 1 aliphatic heterocycles. The first-order valence-electron chi connectivity index (χ1n) is 8.60. The third-order valence-electron chi connectivity index (χ3n) is 4.53. The van der Waals surface area contributed by atoms with Crippen molar-refractivity contribution in [2.24, 2.45) is 5.92 Å². The maximum absolute atomic E-state index is 12.6. The van der Waals surface area contributed by atoms with E-state index >= 15 is 0 Å². The fourth-order valence-electron chi connectivity index (χ4n) is 3.13. The summed E-state index contributed by atoms with van der Waals surface area (Å²) in [6, 6.07) is 13.3. The van der Waals surface area contributed by atoms with E-state index in [1.165, 1.54) is 4.90 Å². The van der Waals surface area contributed by atoms with Crippen LogP contribution < -0.4 is 5.32 Å². The number of carbonyl (C=O) groups is 2. The third-order valence-corrected chi connectivity index (χ3v) is 4.53. The second kappa shape index (κ2) is 7.85. The summed E-state index contributed by atoms with van der Waals surface area (Å²) in [5, 5.41) is 4.86. The maximum Gasteiger partial charge on any atom is 0.422 e. The first kappa shape index (κ1) is 19.0. The molecule has 0 aliphatic carbocycles. The lowest BCUT2D eigenvalue weighted by Crippen LogP contribution is -2.42. The number of alkyl halides is 3. The van der Waals surface area contributed by atoms with Crippen LogP contribution in [0.1, 0.15) is 12.8 Å². The summed E-state index contributed by atoms with van der Waals surface area (Å²) in [4.78, 5) is 25.4. The number of anilines is 1. The first-order valence-corrected chi connectivity index (χ1v) is 8.60. The molecule has 0 bridgehead atoms. The van der Waals surface area contributed by atoms with E-state index in [1.807, 2.05) is 42.5 Å². The Labute approximate surface area is 154 Å². The van der Waals surface area contributed by atoms with Gasteiger partial charge >= 0.3 is 12.3 Å². The average molecular weight is 380 g/mol. The molecule has 1 heterocycles. The molecule has 0 radical (unpaired) electrons. The van der Waals surface area contributed by atoms with Crippen LogP contribution in [0.25, 0.3) is 10.8 Å². The summed E-state index contributed by atoms with van der Waals surface area (Å²) >= 11 is 0. The molecule has 0 aromatic heterocycles. The second-order valence-corrected chi connectivity index (χ2v) is 6.45. The number of fused-ring (bicyclic) bond motifs is 1. The standard InChI is InChI=1S/C19H19F3N2O3/c20-19(21,22)12-27-18(26)24-10-8-14(9-11-24)17(25)23-16-7-3-5-13-4-1-2-6-15(13)16/h1-7,14H,8-12H2,(H,23,25). The van der Waals surface area contributed by atoms with Gasteiger partial charge in [-0.2, -0.15) is 13.2 Å². The average Bonchev–Trinajstić information content (AvgIpc) is 2.66. The quantitative estimate of drug-likeness (QED) is 0.869. The van der Waals surface area contributed by atoms with E-state index in [0.29, 0.717) is 18.5 Å². The van der Waals surface area contributed by atoms with E-state index in [0.717, 1.165) is 10.8 Å². The summed E-state index contributed by atoms with van der Waals surface area (Å²) in [7, 11) is 0. The molecular formula is C19H19F3N2O3. The van der Waals surface area contributed by atoms with Gasteiger partial charge in [0.05, 0.1) is 0 Å². The lowest BCUT2D eigenvalue weighted by atomic mass is 9.96. The highest BCUT2D eigenvalue weighted by molar-refractivity contribution is 6.02. The molecule has 0 saturated carbocycles. The molecule has 1 N–H and O–H groups in total. The van der Waals surface area contributed by atoms with Crippen molar-refractivity contribution in [2.45, 2.75) is 19.0 Å². The predicted octanol–water partition coefficient (Wildman–Crippen LogP) is 4.19. The van der Waals surface area contributed by atoms with E-state index < -0.39 is 18.9 Å². The number of amides is 2. The van der Waals surface area contributed by atoms with Crippen molar-refractivity contribution in [1.82, 2.24) is 4.90 Å². The fraction of sp³-hybridized carbons (Fsp3) is 0.368. The topological polar surface area (TPSA) is 58.6 Å². The van der Waals surface area contributed by atoms with Crippen LogP contribution in [-0.4, -0.2) is 42.8 Å². The van der Waals surface area contributed by atoms with Gasteiger partial charge < -0.3 is 15.0 Å². The van der Waals surface area contributed by atoms with Crippen LogP contribution in [0, 0.1) is 5.92 Å². The van der Waals surface area contributed by atoms with Gasteiger partial charge in [-0.15, -0.1) is 0 Å². The molecule has 1 aliphatic rings. The van der Waals surface area contributed by atoms with E-state index in [2.05, 4.69) is 10.1 Å². The number of benzene rings is 2. The summed E-state index contributed by atoms with van der Waals surface area (Å²) in [6.45, 7) is -1.23. The first-order chi connectivity index (χ1) is 12.8. The molecule has 5 nitrogen and oxygen atoms in total. The number of nitrogens with one attached hydrogen (secondary N) is 1. The van der Waals surface area contributed by atoms with Gasteiger partial charge in [-0.1, -0.05) is 36.4 Å². The molecule has 1 fully saturated rings. The molecule has 1 saturated heterocycles. The molecule has 2 amide bonds. The van der Waals surface area contributed by atoms with Crippen molar-refractivity contribution in [3.8, 4) is 0 Å². The zero-order chi connectivity index (χ0) is 19.4. The zero-order valence-corrected chi connectivity index (χ0v) is 14.5. The van der Waals surface area contributed by atoms with Crippen molar-refractivity contribution in [3.63, 3.8) is 0 Å². The smallest absolute Gasteiger partial charge is 0.422 e. The van der Waals surface area contributed by atoms with Crippen LogP contribution in [-0.2, 0) is 9.53 Å². The van der Waals surface area contributed by atoms with E-state index in [9.17, 15) is 22.8 Å². The highest BCUT2D eigenvalue weighted by Gasteiger charge is 2.33. The van der Waals surface area contributed by atoms with Crippen LogP contribution in [0.15, 0.2) is 42.5 Å². The Morgan fingerprint density at radius 1 is 1.07 bits per heavy atom. The Morgan fingerprint density at radius 2 is 1.74 bits per heavy atom. The van der Waals surface area contributed by atoms with E-state index in [4.69, 9.17) is 0 Å². The molecule has 0 unspecified atom stereocenters. The summed E-state index contributed by atoms with van der Waals surface area (Å²) in [5.41, 5.74) is 0.713. The second-order valence-electron chi connectivity index (χ2n) is 6.45. The summed E-state index contributed by atoms with van der Waals surface area (Å²) < 4.78 is 40.6. The van der Waals surface area contributed by atoms with Gasteiger partial charge in [-0.25, -0.2) is 4.79 Å². The van der Waals surface area contributed by atoms with Gasteiger partial charge in [-0.3, -0.25) is 4.79 Å². The minimum absolute atomic E-state index is 0.158. The highest BCUT2D eigenvalue weighted by Crippen LogP contribution is 2.25. The number of carbonyl (C=O) groups excluding carboxylic acids is 2.